The summed E-state index contributed by atoms with van der Waals surface area (Å²) in [5, 5.41) is 3.20. The first-order valence-corrected chi connectivity index (χ1v) is 4.74. The van der Waals surface area contributed by atoms with E-state index < -0.39 is 0 Å². The summed E-state index contributed by atoms with van der Waals surface area (Å²) in [6.45, 7) is 2.08. The van der Waals surface area contributed by atoms with Crippen LogP contribution in [0.25, 0.3) is 0 Å². The SMILES string of the molecule is ClCCOCCNc1ccncc1. The average molecular weight is 201 g/mol. The van der Waals surface area contributed by atoms with Crippen LogP contribution < -0.4 is 5.32 Å². The molecule has 0 saturated carbocycles. The molecule has 1 aromatic rings. The van der Waals surface area contributed by atoms with Gasteiger partial charge in [0.1, 0.15) is 0 Å². The van der Waals surface area contributed by atoms with Crippen molar-refractivity contribution in [1.82, 2.24) is 4.98 Å². The normalized spacial score (nSPS) is 9.92. The molecule has 72 valence electrons. The number of nitrogens with one attached hydrogen (secondary N) is 1. The fourth-order valence-corrected chi connectivity index (χ4v) is 1.00. The number of alkyl halides is 1. The Morgan fingerprint density at radius 1 is 1.31 bits per heavy atom. The maximum absolute atomic E-state index is 5.44. The molecule has 0 radical (unpaired) electrons. The van der Waals surface area contributed by atoms with Crippen molar-refractivity contribution in [1.29, 1.82) is 0 Å². The Balaban J connectivity index is 2.07. The molecule has 0 amide bonds. The van der Waals surface area contributed by atoms with Gasteiger partial charge in [-0.3, -0.25) is 4.98 Å². The van der Waals surface area contributed by atoms with Crippen molar-refractivity contribution < 1.29 is 4.74 Å². The third-order valence-electron chi connectivity index (χ3n) is 1.48. The molecule has 0 aliphatic rings. The highest BCUT2D eigenvalue weighted by molar-refractivity contribution is 6.17. The van der Waals surface area contributed by atoms with Gasteiger partial charge in [-0.25, -0.2) is 0 Å². The van der Waals surface area contributed by atoms with Gasteiger partial charge in [-0.1, -0.05) is 0 Å². The van der Waals surface area contributed by atoms with Crippen LogP contribution in [0.3, 0.4) is 0 Å². The smallest absolute Gasteiger partial charge is 0.0639 e. The van der Waals surface area contributed by atoms with Crippen LogP contribution in [0.15, 0.2) is 24.5 Å². The molecule has 1 N–H and O–H groups in total. The molecule has 4 heteroatoms. The van der Waals surface area contributed by atoms with Crippen molar-refractivity contribution in [2.75, 3.05) is 31.0 Å². The summed E-state index contributed by atoms with van der Waals surface area (Å²) in [5.74, 6) is 0.551. The number of ether oxygens (including phenoxy) is 1. The van der Waals surface area contributed by atoms with Crippen LogP contribution in [0.5, 0.6) is 0 Å². The Morgan fingerprint density at radius 2 is 2.08 bits per heavy atom. The van der Waals surface area contributed by atoms with Crippen LogP contribution in [-0.4, -0.2) is 30.6 Å². The van der Waals surface area contributed by atoms with E-state index in [2.05, 4.69) is 10.3 Å². The lowest BCUT2D eigenvalue weighted by atomic mass is 10.4. The van der Waals surface area contributed by atoms with E-state index >= 15 is 0 Å². The third-order valence-corrected chi connectivity index (χ3v) is 1.63. The molecule has 0 aliphatic carbocycles. The van der Waals surface area contributed by atoms with Gasteiger partial charge in [-0.05, 0) is 12.1 Å². The summed E-state index contributed by atoms with van der Waals surface area (Å²) in [4.78, 5) is 3.91. The van der Waals surface area contributed by atoms with Crippen molar-refractivity contribution in [2.24, 2.45) is 0 Å². The number of nitrogens with zero attached hydrogens (tertiary/aromatic N) is 1. The van der Waals surface area contributed by atoms with Gasteiger partial charge in [0, 0.05) is 30.5 Å². The molecule has 3 nitrogen and oxygen atoms in total. The summed E-state index contributed by atoms with van der Waals surface area (Å²) >= 11 is 5.44. The molecule has 0 aliphatic heterocycles. The lowest BCUT2D eigenvalue weighted by Crippen LogP contribution is -2.10. The molecule has 0 unspecified atom stereocenters. The van der Waals surface area contributed by atoms with Gasteiger partial charge < -0.3 is 10.1 Å². The van der Waals surface area contributed by atoms with E-state index in [9.17, 15) is 0 Å². The molecule has 0 spiro atoms. The molecule has 1 heterocycles. The highest BCUT2D eigenvalue weighted by Gasteiger charge is 1.89. The number of hydrogen-bond acceptors (Lipinski definition) is 3. The third kappa shape index (κ3) is 4.70. The Labute approximate surface area is 83.1 Å². The first kappa shape index (κ1) is 10.3. The van der Waals surface area contributed by atoms with Crippen LogP contribution in [0, 0.1) is 0 Å². The number of pyridine rings is 1. The Kier molecular flexibility index (Phi) is 5.29. The second-order valence-corrected chi connectivity index (χ2v) is 2.84. The van der Waals surface area contributed by atoms with Crippen molar-refractivity contribution in [3.63, 3.8) is 0 Å². The molecule has 1 rings (SSSR count). The van der Waals surface area contributed by atoms with Gasteiger partial charge in [-0.15, -0.1) is 11.6 Å². The van der Waals surface area contributed by atoms with Gasteiger partial charge in [0.15, 0.2) is 0 Å². The van der Waals surface area contributed by atoms with Gasteiger partial charge in [0.05, 0.1) is 13.2 Å². The van der Waals surface area contributed by atoms with E-state index in [0.29, 0.717) is 19.1 Å². The van der Waals surface area contributed by atoms with Crippen LogP contribution >= 0.6 is 11.6 Å². The average Bonchev–Trinajstić information content (AvgIpc) is 2.19. The molecule has 1 aromatic heterocycles. The Bertz CT molecular complexity index is 218. The number of rotatable bonds is 6. The summed E-state index contributed by atoms with van der Waals surface area (Å²) in [5.41, 5.74) is 1.06. The predicted molar refractivity (Wildman–Crippen MR) is 54.3 cm³/mol. The van der Waals surface area contributed by atoms with Crippen molar-refractivity contribution in [3.8, 4) is 0 Å². The van der Waals surface area contributed by atoms with E-state index in [4.69, 9.17) is 16.3 Å². The van der Waals surface area contributed by atoms with Gasteiger partial charge in [0.25, 0.3) is 0 Å². The number of anilines is 1. The first-order chi connectivity index (χ1) is 6.43. The Morgan fingerprint density at radius 3 is 2.77 bits per heavy atom. The fourth-order valence-electron chi connectivity index (χ4n) is 0.894. The second kappa shape index (κ2) is 6.69. The van der Waals surface area contributed by atoms with Gasteiger partial charge >= 0.3 is 0 Å². The van der Waals surface area contributed by atoms with Gasteiger partial charge in [0.2, 0.25) is 0 Å². The first-order valence-electron chi connectivity index (χ1n) is 4.21. The molecule has 0 fully saturated rings. The Hall–Kier alpha value is -0.800. The van der Waals surface area contributed by atoms with Gasteiger partial charge in [-0.2, -0.15) is 0 Å². The number of aromatic nitrogens is 1. The van der Waals surface area contributed by atoms with Crippen molar-refractivity contribution in [2.45, 2.75) is 0 Å². The van der Waals surface area contributed by atoms with E-state index in [1.807, 2.05) is 12.1 Å². The lowest BCUT2D eigenvalue weighted by Gasteiger charge is -2.05. The minimum absolute atomic E-state index is 0.551. The summed E-state index contributed by atoms with van der Waals surface area (Å²) in [6.07, 6.45) is 3.50. The van der Waals surface area contributed by atoms with E-state index in [-0.39, 0.29) is 0 Å². The standard InChI is InChI=1S/C9H13ClN2O/c10-3-7-13-8-6-12-9-1-4-11-5-2-9/h1-2,4-5H,3,6-8H2,(H,11,12). The summed E-state index contributed by atoms with van der Waals surface area (Å²) < 4.78 is 5.19. The molecular weight excluding hydrogens is 188 g/mol. The zero-order valence-electron chi connectivity index (χ0n) is 7.37. The van der Waals surface area contributed by atoms with E-state index in [1.165, 1.54) is 0 Å². The fraction of sp³-hybridized carbons (Fsp3) is 0.444. The largest absolute Gasteiger partial charge is 0.383 e. The quantitative estimate of drug-likeness (QED) is 0.561. The highest BCUT2D eigenvalue weighted by Crippen LogP contribution is 2.01. The van der Waals surface area contributed by atoms with Crippen molar-refractivity contribution in [3.05, 3.63) is 24.5 Å². The molecule has 13 heavy (non-hydrogen) atoms. The zero-order valence-corrected chi connectivity index (χ0v) is 8.13. The van der Waals surface area contributed by atoms with E-state index in [0.717, 1.165) is 12.2 Å². The molecule has 0 bridgehead atoms. The lowest BCUT2D eigenvalue weighted by molar-refractivity contribution is 0.160. The maximum Gasteiger partial charge on any atom is 0.0639 e. The monoisotopic (exact) mass is 200 g/mol. The summed E-state index contributed by atoms with van der Waals surface area (Å²) in [7, 11) is 0. The molecular formula is C9H13ClN2O. The maximum atomic E-state index is 5.44. The van der Waals surface area contributed by atoms with Crippen LogP contribution in [0.4, 0.5) is 5.69 Å². The van der Waals surface area contributed by atoms with Crippen LogP contribution in [0.1, 0.15) is 0 Å². The topological polar surface area (TPSA) is 34.1 Å². The number of halogens is 1. The van der Waals surface area contributed by atoms with Crippen LogP contribution in [0.2, 0.25) is 0 Å². The summed E-state index contributed by atoms with van der Waals surface area (Å²) in [6, 6.07) is 3.84. The minimum Gasteiger partial charge on any atom is -0.383 e. The highest BCUT2D eigenvalue weighted by atomic mass is 35.5. The van der Waals surface area contributed by atoms with Crippen LogP contribution in [-0.2, 0) is 4.74 Å². The number of hydrogen-bond donors (Lipinski definition) is 1. The predicted octanol–water partition coefficient (Wildman–Crippen LogP) is 1.75. The van der Waals surface area contributed by atoms with Crippen molar-refractivity contribution >= 4 is 17.3 Å². The molecule has 0 atom stereocenters. The zero-order chi connectivity index (χ0) is 9.36. The van der Waals surface area contributed by atoms with E-state index in [1.54, 1.807) is 12.4 Å². The molecule has 0 saturated heterocycles. The molecule has 0 aromatic carbocycles. The minimum atomic E-state index is 0.551. The second-order valence-electron chi connectivity index (χ2n) is 2.46.